The number of fused-ring (bicyclic) bond motifs is 1. The van der Waals surface area contributed by atoms with E-state index in [2.05, 4.69) is 5.32 Å². The largest absolute Gasteiger partial charge is 0.465 e. The minimum atomic E-state index is -0.967. The zero-order valence-electron chi connectivity index (χ0n) is 16.9. The Morgan fingerprint density at radius 3 is 2.30 bits per heavy atom. The zero-order valence-corrected chi connectivity index (χ0v) is 17.7. The molecule has 0 aliphatic carbocycles. The Kier molecular flexibility index (Phi) is 6.56. The van der Waals surface area contributed by atoms with E-state index in [1.54, 1.807) is 43.3 Å². The van der Waals surface area contributed by atoms with Crippen molar-refractivity contribution in [2.45, 2.75) is 19.4 Å². The summed E-state index contributed by atoms with van der Waals surface area (Å²) in [6.45, 7) is 1.79. The highest BCUT2D eigenvalue weighted by Gasteiger charge is 2.42. The molecule has 3 amide bonds. The Morgan fingerprint density at radius 1 is 1.10 bits per heavy atom. The van der Waals surface area contributed by atoms with Crippen molar-refractivity contribution in [3.8, 4) is 0 Å². The topological polar surface area (TPSA) is 92.8 Å². The van der Waals surface area contributed by atoms with Crippen LogP contribution in [0.5, 0.6) is 0 Å². The fourth-order valence-corrected chi connectivity index (χ4v) is 3.77. The van der Waals surface area contributed by atoms with Crippen molar-refractivity contribution in [3.63, 3.8) is 0 Å². The molecule has 0 spiro atoms. The lowest BCUT2D eigenvalue weighted by Crippen LogP contribution is -2.47. The Balaban J connectivity index is 1.90. The van der Waals surface area contributed by atoms with Gasteiger partial charge in [-0.25, -0.2) is 4.79 Å². The summed E-state index contributed by atoms with van der Waals surface area (Å²) in [4.78, 5) is 51.8. The molecule has 0 saturated carbocycles. The van der Waals surface area contributed by atoms with Crippen LogP contribution in [0, 0.1) is 6.92 Å². The van der Waals surface area contributed by atoms with E-state index in [1.165, 1.54) is 24.9 Å². The molecule has 0 saturated heterocycles. The average molecular weight is 426 g/mol. The molecular formula is C22H22N2O5S. The number of nitrogens with zero attached hydrogens (tertiary/aromatic N) is 1. The molecule has 7 nitrogen and oxygen atoms in total. The highest BCUT2D eigenvalue weighted by Crippen LogP contribution is 2.27. The first-order valence-corrected chi connectivity index (χ1v) is 10.7. The fraction of sp³-hybridized carbons (Fsp3) is 0.273. The lowest BCUT2D eigenvalue weighted by molar-refractivity contribution is -0.120. The number of carbonyl (C=O) groups is 4. The van der Waals surface area contributed by atoms with Gasteiger partial charge in [-0.15, -0.1) is 0 Å². The van der Waals surface area contributed by atoms with Crippen LogP contribution in [0.15, 0.2) is 42.5 Å². The summed E-state index contributed by atoms with van der Waals surface area (Å²) in [5.74, 6) is -1.37. The van der Waals surface area contributed by atoms with Crippen molar-refractivity contribution < 1.29 is 23.9 Å². The Labute approximate surface area is 178 Å². The average Bonchev–Trinajstić information content (AvgIpc) is 3.00. The van der Waals surface area contributed by atoms with Crippen LogP contribution >= 0.6 is 11.8 Å². The van der Waals surface area contributed by atoms with Gasteiger partial charge in [0.2, 0.25) is 5.91 Å². The van der Waals surface area contributed by atoms with Crippen LogP contribution in [0.2, 0.25) is 0 Å². The maximum absolute atomic E-state index is 13.2. The van der Waals surface area contributed by atoms with Gasteiger partial charge in [0.1, 0.15) is 6.04 Å². The highest BCUT2D eigenvalue weighted by molar-refractivity contribution is 7.98. The van der Waals surface area contributed by atoms with Crippen LogP contribution in [0.3, 0.4) is 0 Å². The molecule has 0 bridgehead atoms. The number of ether oxygens (including phenoxy) is 1. The Morgan fingerprint density at radius 2 is 1.73 bits per heavy atom. The van der Waals surface area contributed by atoms with E-state index in [0.717, 1.165) is 10.5 Å². The number of carbonyl (C=O) groups excluding carboxylic acids is 4. The van der Waals surface area contributed by atoms with Crippen molar-refractivity contribution in [1.82, 2.24) is 4.90 Å². The number of thioether (sulfide) groups is 1. The third kappa shape index (κ3) is 4.09. The highest BCUT2D eigenvalue weighted by atomic mass is 32.2. The third-order valence-corrected chi connectivity index (χ3v) is 5.60. The second-order valence-electron chi connectivity index (χ2n) is 6.83. The van der Waals surface area contributed by atoms with Gasteiger partial charge in [0.25, 0.3) is 11.8 Å². The standard InChI is InChI=1S/C22H22N2O5S/c1-13-8-9-14(22(28)29-2)12-17(13)23-19(25)18(10-11-30-3)24-20(26)15-6-4-5-7-16(15)21(24)27/h4-9,12,18H,10-11H2,1-3H3,(H,23,25). The molecule has 156 valence electrons. The van der Waals surface area contributed by atoms with E-state index in [1.807, 2.05) is 6.26 Å². The van der Waals surface area contributed by atoms with Gasteiger partial charge >= 0.3 is 5.97 Å². The zero-order chi connectivity index (χ0) is 21.8. The molecule has 2 aromatic rings. The van der Waals surface area contributed by atoms with Gasteiger partial charge in [-0.05, 0) is 55.2 Å². The number of hydrogen-bond donors (Lipinski definition) is 1. The van der Waals surface area contributed by atoms with Gasteiger partial charge in [-0.2, -0.15) is 11.8 Å². The first-order valence-electron chi connectivity index (χ1n) is 9.34. The first-order chi connectivity index (χ1) is 14.4. The summed E-state index contributed by atoms with van der Waals surface area (Å²) in [7, 11) is 1.28. The van der Waals surface area contributed by atoms with Crippen molar-refractivity contribution in [3.05, 3.63) is 64.7 Å². The number of esters is 1. The van der Waals surface area contributed by atoms with Crippen molar-refractivity contribution in [2.24, 2.45) is 0 Å². The van der Waals surface area contributed by atoms with E-state index in [-0.39, 0.29) is 0 Å². The maximum Gasteiger partial charge on any atom is 0.337 e. The number of hydrogen-bond acceptors (Lipinski definition) is 6. The smallest absolute Gasteiger partial charge is 0.337 e. The molecule has 1 heterocycles. The monoisotopic (exact) mass is 426 g/mol. The number of aryl methyl sites for hydroxylation is 1. The molecule has 1 aliphatic heterocycles. The molecule has 30 heavy (non-hydrogen) atoms. The predicted molar refractivity (Wildman–Crippen MR) is 115 cm³/mol. The molecule has 0 radical (unpaired) electrons. The summed E-state index contributed by atoms with van der Waals surface area (Å²) in [6, 6.07) is 10.4. The van der Waals surface area contributed by atoms with E-state index >= 15 is 0 Å². The van der Waals surface area contributed by atoms with E-state index in [9.17, 15) is 19.2 Å². The van der Waals surface area contributed by atoms with Gasteiger partial charge in [0.15, 0.2) is 0 Å². The van der Waals surface area contributed by atoms with Crippen LogP contribution in [0.1, 0.15) is 43.1 Å². The molecule has 1 aliphatic rings. The van der Waals surface area contributed by atoms with Crippen LogP contribution in [-0.4, -0.2) is 53.8 Å². The normalized spacial score (nSPS) is 13.8. The number of methoxy groups -OCH3 is 1. The fourth-order valence-electron chi connectivity index (χ4n) is 3.32. The minimum absolute atomic E-state index is 0.291. The second-order valence-corrected chi connectivity index (χ2v) is 7.82. The second kappa shape index (κ2) is 9.13. The van der Waals surface area contributed by atoms with E-state index < -0.39 is 29.7 Å². The number of rotatable bonds is 7. The van der Waals surface area contributed by atoms with Gasteiger partial charge in [-0.3, -0.25) is 19.3 Å². The van der Waals surface area contributed by atoms with Crippen LogP contribution < -0.4 is 5.32 Å². The molecule has 1 unspecified atom stereocenters. The molecule has 1 atom stereocenters. The van der Waals surface area contributed by atoms with Gasteiger partial charge < -0.3 is 10.1 Å². The van der Waals surface area contributed by atoms with Crippen molar-refractivity contribution in [1.29, 1.82) is 0 Å². The first kappa shape index (κ1) is 21.6. The van der Waals surface area contributed by atoms with E-state index in [0.29, 0.717) is 34.6 Å². The molecular weight excluding hydrogens is 404 g/mol. The number of nitrogens with one attached hydrogen (secondary N) is 1. The molecule has 1 N–H and O–H groups in total. The number of anilines is 1. The molecule has 3 rings (SSSR count). The number of benzene rings is 2. The quantitative estimate of drug-likeness (QED) is 0.540. The maximum atomic E-state index is 13.2. The summed E-state index contributed by atoms with van der Waals surface area (Å²) in [6.07, 6.45) is 2.20. The molecule has 2 aromatic carbocycles. The van der Waals surface area contributed by atoms with Crippen LogP contribution in [0.4, 0.5) is 5.69 Å². The Bertz CT molecular complexity index is 985. The summed E-state index contributed by atoms with van der Waals surface area (Å²) >= 11 is 1.52. The molecule has 0 aromatic heterocycles. The van der Waals surface area contributed by atoms with Gasteiger partial charge in [0.05, 0.1) is 23.8 Å². The predicted octanol–water partition coefficient (Wildman–Crippen LogP) is 3.14. The lowest BCUT2D eigenvalue weighted by Gasteiger charge is -2.25. The summed E-state index contributed by atoms with van der Waals surface area (Å²) in [5, 5.41) is 2.78. The van der Waals surface area contributed by atoms with Gasteiger partial charge in [-0.1, -0.05) is 18.2 Å². The summed E-state index contributed by atoms with van der Waals surface area (Å²) in [5.41, 5.74) is 2.05. The van der Waals surface area contributed by atoms with Crippen LogP contribution in [0.25, 0.3) is 0 Å². The number of imide groups is 1. The minimum Gasteiger partial charge on any atom is -0.465 e. The van der Waals surface area contributed by atoms with Crippen molar-refractivity contribution >= 4 is 41.1 Å². The van der Waals surface area contributed by atoms with Gasteiger partial charge in [0, 0.05) is 5.69 Å². The number of amides is 3. The Hall–Kier alpha value is -3.13. The third-order valence-electron chi connectivity index (χ3n) is 4.95. The van der Waals surface area contributed by atoms with Crippen LogP contribution in [-0.2, 0) is 9.53 Å². The molecule has 0 fully saturated rings. The lowest BCUT2D eigenvalue weighted by atomic mass is 10.1. The van der Waals surface area contributed by atoms with E-state index in [4.69, 9.17) is 4.74 Å². The summed E-state index contributed by atoms with van der Waals surface area (Å²) < 4.78 is 4.73. The SMILES string of the molecule is COC(=O)c1ccc(C)c(NC(=O)C(CCSC)N2C(=O)c3ccccc3C2=O)c1. The molecule has 8 heteroatoms. The van der Waals surface area contributed by atoms with Crippen molar-refractivity contribution in [2.75, 3.05) is 24.4 Å².